The number of fused-ring (bicyclic) bond motifs is 4. The van der Waals surface area contributed by atoms with Crippen molar-refractivity contribution in [3.63, 3.8) is 0 Å². The summed E-state index contributed by atoms with van der Waals surface area (Å²) >= 11 is 0. The van der Waals surface area contributed by atoms with Gasteiger partial charge in [0.1, 0.15) is 17.2 Å². The monoisotopic (exact) mass is 574 g/mol. The van der Waals surface area contributed by atoms with Gasteiger partial charge in [-0.25, -0.2) is 8.78 Å². The van der Waals surface area contributed by atoms with Crippen LogP contribution in [0.15, 0.2) is 90.5 Å². The van der Waals surface area contributed by atoms with E-state index in [1.807, 2.05) is 49.5 Å². The topological polar surface area (TPSA) is 40.6 Å². The zero-order valence-electron chi connectivity index (χ0n) is 24.0. The molecule has 0 N–H and O–H groups in total. The highest BCUT2D eigenvalue weighted by molar-refractivity contribution is 6.24. The van der Waals surface area contributed by atoms with Crippen LogP contribution in [0.5, 0.6) is 0 Å². The third kappa shape index (κ3) is 3.36. The van der Waals surface area contributed by atoms with E-state index in [9.17, 15) is 4.39 Å². The second-order valence-corrected chi connectivity index (χ2v) is 12.7. The van der Waals surface area contributed by atoms with Crippen molar-refractivity contribution in [3.8, 4) is 0 Å². The SMILES string of the molecule is CN1C/C(=C\c2ccccc2F)C(=O)[C@]2(C1)[C@@H](c1ccccc1F)[C@@H]1CCCCN1[C@@]21C(=O)c2cccc3cccc1c23. The number of likely N-dealkylation sites (tertiary alicyclic amines) is 1. The molecule has 8 rings (SSSR count). The zero-order chi connectivity index (χ0) is 29.5. The number of piperidine rings is 2. The van der Waals surface area contributed by atoms with Gasteiger partial charge in [-0.2, -0.15) is 0 Å². The van der Waals surface area contributed by atoms with Gasteiger partial charge in [-0.15, -0.1) is 0 Å². The number of nitrogens with zero attached hydrogens (tertiary/aromatic N) is 2. The van der Waals surface area contributed by atoms with Crippen molar-refractivity contribution in [2.45, 2.75) is 36.8 Å². The lowest BCUT2D eigenvalue weighted by Crippen LogP contribution is -2.65. The van der Waals surface area contributed by atoms with E-state index < -0.39 is 22.7 Å². The largest absolute Gasteiger partial charge is 0.301 e. The average molecular weight is 575 g/mol. The lowest BCUT2D eigenvalue weighted by Gasteiger charge is -2.52. The van der Waals surface area contributed by atoms with E-state index in [0.29, 0.717) is 35.4 Å². The summed E-state index contributed by atoms with van der Waals surface area (Å²) in [5.41, 5.74) is 0.0208. The Morgan fingerprint density at radius 3 is 2.37 bits per heavy atom. The Hall–Kier alpha value is -4.00. The van der Waals surface area contributed by atoms with Crippen molar-refractivity contribution in [1.29, 1.82) is 0 Å². The van der Waals surface area contributed by atoms with Crippen LogP contribution in [-0.4, -0.2) is 54.1 Å². The van der Waals surface area contributed by atoms with Crippen LogP contribution < -0.4 is 0 Å². The van der Waals surface area contributed by atoms with Crippen molar-refractivity contribution in [2.24, 2.45) is 5.41 Å². The molecule has 0 amide bonds. The lowest BCUT2D eigenvalue weighted by molar-refractivity contribution is -0.134. The van der Waals surface area contributed by atoms with E-state index in [2.05, 4.69) is 9.80 Å². The van der Waals surface area contributed by atoms with Gasteiger partial charge < -0.3 is 4.90 Å². The molecule has 4 atom stereocenters. The molecule has 4 aromatic rings. The van der Waals surface area contributed by atoms with Crippen molar-refractivity contribution in [3.05, 3.63) is 124 Å². The molecule has 0 unspecified atom stereocenters. The van der Waals surface area contributed by atoms with Gasteiger partial charge >= 0.3 is 0 Å². The molecule has 3 fully saturated rings. The summed E-state index contributed by atoms with van der Waals surface area (Å²) in [6.07, 6.45) is 4.22. The molecule has 0 aromatic heterocycles. The van der Waals surface area contributed by atoms with Gasteiger partial charge in [0.15, 0.2) is 11.6 Å². The molecule has 4 aliphatic rings. The second kappa shape index (κ2) is 9.50. The maximum atomic E-state index is 16.0. The quantitative estimate of drug-likeness (QED) is 0.249. The lowest BCUT2D eigenvalue weighted by atomic mass is 9.54. The van der Waals surface area contributed by atoms with E-state index in [1.165, 1.54) is 12.1 Å². The molecular formula is C37H32F2N2O2. The number of Topliss-reactive ketones (excluding diaryl/α,β-unsaturated/α-hetero) is 2. The molecule has 3 aliphatic heterocycles. The Kier molecular flexibility index (Phi) is 5.88. The Morgan fingerprint density at radius 2 is 1.58 bits per heavy atom. The van der Waals surface area contributed by atoms with Crippen molar-refractivity contribution in [1.82, 2.24) is 9.80 Å². The second-order valence-electron chi connectivity index (χ2n) is 12.7. The van der Waals surface area contributed by atoms with Gasteiger partial charge in [0.2, 0.25) is 0 Å². The summed E-state index contributed by atoms with van der Waals surface area (Å²) < 4.78 is 31.0. The molecule has 216 valence electrons. The highest BCUT2D eigenvalue weighted by Crippen LogP contribution is 2.69. The van der Waals surface area contributed by atoms with Gasteiger partial charge in [0, 0.05) is 41.7 Å². The number of halogens is 2. The standard InChI is InChI=1S/C37H32F2N2O2/c1-40-21-25(20-24-10-2-4-16-29(24)38)34(42)36(22-40)33(26-13-3-5-17-30(26)39)31-18-6-7-19-41(31)37(36)28-15-9-12-23-11-8-14-27(32(23)28)35(37)43/h2-5,8-17,20,31,33H,6-7,18-19,21-22H2,1H3/b25-20+/t31-,33-,36-,37-/m0/s1. The first-order chi connectivity index (χ1) is 20.9. The fourth-order valence-electron chi connectivity index (χ4n) is 9.22. The van der Waals surface area contributed by atoms with Crippen LogP contribution in [0.4, 0.5) is 8.78 Å². The van der Waals surface area contributed by atoms with Crippen molar-refractivity contribution < 1.29 is 18.4 Å². The number of hydrogen-bond acceptors (Lipinski definition) is 4. The smallest absolute Gasteiger partial charge is 0.189 e. The van der Waals surface area contributed by atoms with Gasteiger partial charge in [0.25, 0.3) is 0 Å². The molecule has 43 heavy (non-hydrogen) atoms. The van der Waals surface area contributed by atoms with Crippen molar-refractivity contribution >= 4 is 28.4 Å². The average Bonchev–Trinajstić information content (AvgIpc) is 3.42. The van der Waals surface area contributed by atoms with Crippen LogP contribution in [0.1, 0.15) is 52.2 Å². The highest BCUT2D eigenvalue weighted by atomic mass is 19.1. The summed E-state index contributed by atoms with van der Waals surface area (Å²) in [5.74, 6) is -1.63. The number of carbonyl (C=O) groups is 2. The summed E-state index contributed by atoms with van der Waals surface area (Å²) in [4.78, 5) is 35.1. The molecule has 0 radical (unpaired) electrons. The Bertz CT molecular complexity index is 1860. The minimum atomic E-state index is -1.35. The minimum Gasteiger partial charge on any atom is -0.301 e. The van der Waals surface area contributed by atoms with Crippen LogP contribution in [0.3, 0.4) is 0 Å². The molecule has 4 aromatic carbocycles. The first-order valence-electron chi connectivity index (χ1n) is 15.2. The molecular weight excluding hydrogens is 542 g/mol. The van der Waals surface area contributed by atoms with Crippen molar-refractivity contribution in [2.75, 3.05) is 26.7 Å². The maximum absolute atomic E-state index is 16.0. The highest BCUT2D eigenvalue weighted by Gasteiger charge is 2.77. The Labute approximate surface area is 249 Å². The van der Waals surface area contributed by atoms with Gasteiger partial charge in [-0.1, -0.05) is 79.2 Å². The molecule has 4 nitrogen and oxygen atoms in total. The molecule has 0 bridgehead atoms. The Balaban J connectivity index is 1.49. The van der Waals surface area contributed by atoms with E-state index in [0.717, 1.165) is 35.6 Å². The fourth-order valence-corrected chi connectivity index (χ4v) is 9.22. The van der Waals surface area contributed by atoms with Gasteiger partial charge in [-0.3, -0.25) is 14.5 Å². The zero-order valence-corrected chi connectivity index (χ0v) is 24.0. The maximum Gasteiger partial charge on any atom is 0.189 e. The first kappa shape index (κ1) is 26.6. The number of rotatable bonds is 2. The van der Waals surface area contributed by atoms with E-state index in [1.54, 1.807) is 36.4 Å². The normalized spacial score (nSPS) is 29.8. The van der Waals surface area contributed by atoms with Crippen LogP contribution in [0.2, 0.25) is 0 Å². The number of ketones is 2. The summed E-state index contributed by atoms with van der Waals surface area (Å²) in [5, 5.41) is 1.84. The van der Waals surface area contributed by atoms with E-state index in [4.69, 9.17) is 0 Å². The first-order valence-corrected chi connectivity index (χ1v) is 15.2. The third-order valence-electron chi connectivity index (χ3n) is 10.5. The molecule has 3 saturated heterocycles. The Morgan fingerprint density at radius 1 is 0.837 bits per heavy atom. The molecule has 6 heteroatoms. The number of carbonyl (C=O) groups excluding carboxylic acids is 2. The third-order valence-corrected chi connectivity index (χ3v) is 10.5. The van der Waals surface area contributed by atoms with Crippen LogP contribution in [0, 0.1) is 17.0 Å². The van der Waals surface area contributed by atoms with Gasteiger partial charge in [0.05, 0.1) is 5.41 Å². The molecule has 0 saturated carbocycles. The van der Waals surface area contributed by atoms with Gasteiger partial charge in [-0.05, 0) is 66.5 Å². The summed E-state index contributed by atoms with van der Waals surface area (Å²) in [7, 11) is 1.94. The van der Waals surface area contributed by atoms with E-state index in [-0.39, 0.29) is 30.0 Å². The predicted octanol–water partition coefficient (Wildman–Crippen LogP) is 6.75. The molecule has 3 heterocycles. The fraction of sp³-hybridized carbons (Fsp3) is 0.297. The van der Waals surface area contributed by atoms with Crippen LogP contribution in [-0.2, 0) is 10.3 Å². The predicted molar refractivity (Wildman–Crippen MR) is 163 cm³/mol. The summed E-state index contributed by atoms with van der Waals surface area (Å²) in [6, 6.07) is 24.7. The van der Waals surface area contributed by atoms with Crippen LogP contribution in [0.25, 0.3) is 16.8 Å². The number of likely N-dealkylation sites (N-methyl/N-ethyl adjacent to an activating group) is 1. The minimum absolute atomic E-state index is 0.0843. The van der Waals surface area contributed by atoms with Crippen LogP contribution >= 0.6 is 0 Å². The van der Waals surface area contributed by atoms with E-state index >= 15 is 14.0 Å². The number of hydrogen-bond donors (Lipinski definition) is 0. The molecule has 1 aliphatic carbocycles. The number of benzene rings is 4. The molecule has 2 spiro atoms. The summed E-state index contributed by atoms with van der Waals surface area (Å²) in [6.45, 7) is 1.23.